The van der Waals surface area contributed by atoms with Crippen molar-refractivity contribution in [1.82, 2.24) is 15.3 Å². The van der Waals surface area contributed by atoms with Crippen LogP contribution in [0.1, 0.15) is 16.8 Å². The van der Waals surface area contributed by atoms with Crippen molar-refractivity contribution in [2.24, 2.45) is 0 Å². The molecule has 0 aromatic carbocycles. The maximum atomic E-state index is 5.80. The Labute approximate surface area is 132 Å². The zero-order valence-electron chi connectivity index (χ0n) is 13.6. The van der Waals surface area contributed by atoms with Crippen molar-refractivity contribution in [3.63, 3.8) is 0 Å². The highest BCUT2D eigenvalue weighted by Gasteiger charge is 2.04. The van der Waals surface area contributed by atoms with Crippen LogP contribution in [0.3, 0.4) is 0 Å². The Bertz CT molecular complexity index is 591. The van der Waals surface area contributed by atoms with Gasteiger partial charge < -0.3 is 16.0 Å². The average molecular weight is 299 g/mol. The van der Waals surface area contributed by atoms with E-state index >= 15 is 0 Å². The van der Waals surface area contributed by atoms with E-state index in [0.717, 1.165) is 42.9 Å². The third-order valence-corrected chi connectivity index (χ3v) is 3.63. The highest BCUT2D eigenvalue weighted by Crippen LogP contribution is 2.15. The molecule has 0 unspecified atom stereocenters. The first-order valence-electron chi connectivity index (χ1n) is 7.61. The maximum Gasteiger partial charge on any atom is 0.123 e. The smallest absolute Gasteiger partial charge is 0.123 e. The van der Waals surface area contributed by atoms with Gasteiger partial charge in [0.1, 0.15) is 5.82 Å². The molecule has 0 spiro atoms. The summed E-state index contributed by atoms with van der Waals surface area (Å²) in [5.74, 6) is 0.591. The maximum absolute atomic E-state index is 5.80. The van der Waals surface area contributed by atoms with Gasteiger partial charge in [-0.1, -0.05) is 0 Å². The van der Waals surface area contributed by atoms with Crippen LogP contribution < -0.4 is 16.0 Å². The molecule has 0 fully saturated rings. The quantitative estimate of drug-likeness (QED) is 0.816. The van der Waals surface area contributed by atoms with E-state index in [9.17, 15) is 0 Å². The van der Waals surface area contributed by atoms with Gasteiger partial charge in [0, 0.05) is 32.0 Å². The van der Waals surface area contributed by atoms with Crippen LogP contribution in [0.5, 0.6) is 0 Å². The van der Waals surface area contributed by atoms with Gasteiger partial charge >= 0.3 is 0 Å². The molecular formula is C17H25N5. The Balaban J connectivity index is 2.01. The molecule has 118 valence electrons. The number of aromatic nitrogens is 2. The summed E-state index contributed by atoms with van der Waals surface area (Å²) in [7, 11) is 4.05. The molecule has 0 aliphatic heterocycles. The normalized spacial score (nSPS) is 10.7. The summed E-state index contributed by atoms with van der Waals surface area (Å²) in [5.41, 5.74) is 10.4. The first kappa shape index (κ1) is 16.2. The van der Waals surface area contributed by atoms with Crippen molar-refractivity contribution < 1.29 is 0 Å². The lowest BCUT2D eigenvalue weighted by atomic mass is 10.1. The van der Waals surface area contributed by atoms with Crippen molar-refractivity contribution in [3.8, 4) is 0 Å². The first-order valence-corrected chi connectivity index (χ1v) is 7.61. The van der Waals surface area contributed by atoms with Crippen LogP contribution in [-0.2, 0) is 12.8 Å². The molecule has 2 aromatic rings. The molecule has 0 amide bonds. The predicted molar refractivity (Wildman–Crippen MR) is 92.2 cm³/mol. The van der Waals surface area contributed by atoms with Gasteiger partial charge in [-0.25, -0.2) is 4.98 Å². The largest absolute Gasteiger partial charge is 0.384 e. The van der Waals surface area contributed by atoms with E-state index in [1.807, 2.05) is 32.4 Å². The van der Waals surface area contributed by atoms with Gasteiger partial charge in [-0.15, -0.1) is 0 Å². The molecule has 3 N–H and O–H groups in total. The summed E-state index contributed by atoms with van der Waals surface area (Å²) in [6.07, 6.45) is 5.62. The number of rotatable bonds is 7. The van der Waals surface area contributed by atoms with E-state index in [0.29, 0.717) is 5.82 Å². The number of hydrogen-bond donors (Lipinski definition) is 2. The number of likely N-dealkylation sites (N-methyl/N-ethyl adjacent to an activating group) is 2. The van der Waals surface area contributed by atoms with Crippen molar-refractivity contribution in [2.75, 3.05) is 37.8 Å². The Morgan fingerprint density at radius 3 is 2.73 bits per heavy atom. The SMILES string of the molecule is CNCCN(C)c1cncc(CCc2cc(C)cc(N)n2)c1. The minimum Gasteiger partial charge on any atom is -0.384 e. The Hall–Kier alpha value is -2.14. The van der Waals surface area contributed by atoms with Crippen LogP contribution in [0.2, 0.25) is 0 Å². The number of nitrogen functional groups attached to an aromatic ring is 1. The standard InChI is InChI=1S/C17H25N5/c1-13-8-15(21-17(18)9-13)5-4-14-10-16(12-20-11-14)22(3)7-6-19-2/h8-12,19H,4-7H2,1-3H3,(H2,18,21). The fourth-order valence-electron chi connectivity index (χ4n) is 2.40. The molecule has 0 saturated carbocycles. The van der Waals surface area contributed by atoms with Crippen LogP contribution in [0.4, 0.5) is 11.5 Å². The second kappa shape index (κ2) is 7.75. The van der Waals surface area contributed by atoms with Crippen LogP contribution >= 0.6 is 0 Å². The third kappa shape index (κ3) is 4.70. The van der Waals surface area contributed by atoms with Crippen molar-refractivity contribution in [1.29, 1.82) is 0 Å². The van der Waals surface area contributed by atoms with E-state index < -0.39 is 0 Å². The Morgan fingerprint density at radius 1 is 1.18 bits per heavy atom. The number of aryl methyl sites for hydroxylation is 3. The molecule has 5 nitrogen and oxygen atoms in total. The summed E-state index contributed by atoms with van der Waals surface area (Å²) in [6, 6.07) is 6.18. The topological polar surface area (TPSA) is 67.1 Å². The molecule has 0 atom stereocenters. The van der Waals surface area contributed by atoms with E-state index in [2.05, 4.69) is 39.4 Å². The molecule has 0 aliphatic rings. The van der Waals surface area contributed by atoms with Crippen LogP contribution in [0, 0.1) is 6.92 Å². The minimum absolute atomic E-state index is 0.591. The molecular weight excluding hydrogens is 274 g/mol. The number of pyridine rings is 2. The number of nitrogens with two attached hydrogens (primary N) is 1. The van der Waals surface area contributed by atoms with Gasteiger partial charge in [0.15, 0.2) is 0 Å². The van der Waals surface area contributed by atoms with Gasteiger partial charge in [-0.2, -0.15) is 0 Å². The summed E-state index contributed by atoms with van der Waals surface area (Å²) >= 11 is 0. The van der Waals surface area contributed by atoms with E-state index in [1.54, 1.807) is 0 Å². The van der Waals surface area contributed by atoms with Crippen molar-refractivity contribution in [2.45, 2.75) is 19.8 Å². The average Bonchev–Trinajstić information content (AvgIpc) is 2.50. The van der Waals surface area contributed by atoms with E-state index in [1.165, 1.54) is 5.56 Å². The molecule has 0 saturated heterocycles. The molecule has 22 heavy (non-hydrogen) atoms. The third-order valence-electron chi connectivity index (χ3n) is 3.63. The number of anilines is 2. The van der Waals surface area contributed by atoms with Gasteiger partial charge in [-0.3, -0.25) is 4.98 Å². The Kier molecular flexibility index (Phi) is 5.72. The van der Waals surface area contributed by atoms with Gasteiger partial charge in [0.25, 0.3) is 0 Å². The highest BCUT2D eigenvalue weighted by atomic mass is 15.1. The second-order valence-electron chi connectivity index (χ2n) is 5.64. The summed E-state index contributed by atoms with van der Waals surface area (Å²) < 4.78 is 0. The van der Waals surface area contributed by atoms with E-state index in [-0.39, 0.29) is 0 Å². The molecule has 0 radical (unpaired) electrons. The molecule has 2 rings (SSSR count). The van der Waals surface area contributed by atoms with E-state index in [4.69, 9.17) is 5.73 Å². The molecule has 2 aromatic heterocycles. The molecule has 0 aliphatic carbocycles. The minimum atomic E-state index is 0.591. The fraction of sp³-hybridized carbons (Fsp3) is 0.412. The summed E-state index contributed by atoms with van der Waals surface area (Å²) in [4.78, 5) is 10.9. The zero-order valence-corrected chi connectivity index (χ0v) is 13.6. The number of nitrogens with one attached hydrogen (secondary N) is 1. The highest BCUT2D eigenvalue weighted by molar-refractivity contribution is 5.45. The molecule has 5 heteroatoms. The fourth-order valence-corrected chi connectivity index (χ4v) is 2.40. The number of nitrogens with zero attached hydrogens (tertiary/aromatic N) is 3. The van der Waals surface area contributed by atoms with Gasteiger partial charge in [0.05, 0.1) is 11.9 Å². The van der Waals surface area contributed by atoms with Crippen molar-refractivity contribution in [3.05, 3.63) is 47.4 Å². The first-order chi connectivity index (χ1) is 10.6. The lowest BCUT2D eigenvalue weighted by molar-refractivity contribution is 0.766. The second-order valence-corrected chi connectivity index (χ2v) is 5.64. The summed E-state index contributed by atoms with van der Waals surface area (Å²) in [6.45, 7) is 3.95. The van der Waals surface area contributed by atoms with Gasteiger partial charge in [0.2, 0.25) is 0 Å². The molecule has 2 heterocycles. The lowest BCUT2D eigenvalue weighted by Crippen LogP contribution is -2.27. The van der Waals surface area contributed by atoms with Gasteiger partial charge in [-0.05, 0) is 56.1 Å². The zero-order chi connectivity index (χ0) is 15.9. The monoisotopic (exact) mass is 299 g/mol. The van der Waals surface area contributed by atoms with Crippen LogP contribution in [0.15, 0.2) is 30.6 Å². The summed E-state index contributed by atoms with van der Waals surface area (Å²) in [5, 5.41) is 3.16. The van der Waals surface area contributed by atoms with Crippen molar-refractivity contribution >= 4 is 11.5 Å². The predicted octanol–water partition coefficient (Wildman–Crippen LogP) is 1.81. The molecule has 0 bridgehead atoms. The number of hydrogen-bond acceptors (Lipinski definition) is 5. The lowest BCUT2D eigenvalue weighted by Gasteiger charge is -2.19. The van der Waals surface area contributed by atoms with Crippen LogP contribution in [0.25, 0.3) is 0 Å². The van der Waals surface area contributed by atoms with Crippen LogP contribution in [-0.4, -0.2) is 37.2 Å². The Morgan fingerprint density at radius 2 is 2.00 bits per heavy atom.